The summed E-state index contributed by atoms with van der Waals surface area (Å²) in [4.78, 5) is 14.9. The highest BCUT2D eigenvalue weighted by Crippen LogP contribution is 2.35. The van der Waals surface area contributed by atoms with E-state index in [-0.39, 0.29) is 17.6 Å². The summed E-state index contributed by atoms with van der Waals surface area (Å²) in [7, 11) is -3.68. The molecule has 2 atom stereocenters. The van der Waals surface area contributed by atoms with Gasteiger partial charge in [-0.15, -0.1) is 4.72 Å². The molecular weight excluding hydrogens is 382 g/mol. The molecule has 5 rings (SSSR count). The van der Waals surface area contributed by atoms with Crippen molar-refractivity contribution in [2.45, 2.75) is 16.9 Å². The van der Waals surface area contributed by atoms with Crippen LogP contribution in [0, 0.1) is 0 Å². The number of para-hydroxylation sites is 1. The number of amides is 1. The predicted octanol–water partition coefficient (Wildman–Crippen LogP) is 1.62. The molecule has 0 radical (unpaired) electrons. The van der Waals surface area contributed by atoms with Crippen molar-refractivity contribution in [3.8, 4) is 11.5 Å². The third-order valence-corrected chi connectivity index (χ3v) is 7.04. The minimum absolute atomic E-state index is 0.147. The van der Waals surface area contributed by atoms with Crippen LogP contribution in [0.5, 0.6) is 11.5 Å². The molecule has 1 spiro atoms. The van der Waals surface area contributed by atoms with E-state index in [1.165, 1.54) is 0 Å². The van der Waals surface area contributed by atoms with Crippen LogP contribution in [0.15, 0.2) is 47.4 Å². The Kier molecular flexibility index (Phi) is 3.87. The molecule has 3 heterocycles. The minimum atomic E-state index is -3.68. The average Bonchev–Trinajstić information content (AvgIpc) is 3.30. The molecule has 0 bridgehead atoms. The van der Waals surface area contributed by atoms with E-state index in [4.69, 9.17) is 9.47 Å². The number of anilines is 1. The zero-order valence-electron chi connectivity index (χ0n) is 15.0. The topological polar surface area (TPSA) is 103 Å². The van der Waals surface area contributed by atoms with E-state index < -0.39 is 15.9 Å². The number of rotatable bonds is 1. The lowest BCUT2D eigenvalue weighted by molar-refractivity contribution is 0.0782. The van der Waals surface area contributed by atoms with E-state index in [2.05, 4.69) is 10.0 Å². The summed E-state index contributed by atoms with van der Waals surface area (Å²) >= 11 is 0. The van der Waals surface area contributed by atoms with Crippen molar-refractivity contribution >= 4 is 22.0 Å². The molecule has 0 saturated carbocycles. The van der Waals surface area contributed by atoms with Crippen molar-refractivity contribution in [1.29, 1.82) is 0 Å². The Morgan fingerprint density at radius 3 is 2.89 bits per heavy atom. The number of ether oxygens (including phenoxy) is 2. The van der Waals surface area contributed by atoms with Gasteiger partial charge >= 0.3 is 0 Å². The number of hydrogen-bond acceptors (Lipinski definition) is 6. The second-order valence-electron chi connectivity index (χ2n) is 7.28. The van der Waals surface area contributed by atoms with E-state index in [0.29, 0.717) is 48.8 Å². The van der Waals surface area contributed by atoms with E-state index in [0.717, 1.165) is 0 Å². The lowest BCUT2D eigenvalue weighted by atomic mass is 10.00. The fraction of sp³-hybridized carbons (Fsp3) is 0.316. The van der Waals surface area contributed by atoms with Gasteiger partial charge in [0, 0.05) is 25.2 Å². The molecule has 2 unspecified atom stereocenters. The number of nitrogens with zero attached hydrogens (tertiary/aromatic N) is 1. The van der Waals surface area contributed by atoms with Crippen LogP contribution in [-0.4, -0.2) is 47.3 Å². The number of carbonyl (C=O) groups excluding carboxylic acids is 1. The maximum atomic E-state index is 13.0. The molecule has 146 valence electrons. The van der Waals surface area contributed by atoms with E-state index >= 15 is 0 Å². The second kappa shape index (κ2) is 6.20. The van der Waals surface area contributed by atoms with Gasteiger partial charge in [0.15, 0.2) is 26.8 Å². The molecule has 9 heteroatoms. The highest BCUT2D eigenvalue weighted by Gasteiger charge is 2.48. The number of hydrogen-bond donors (Lipinski definition) is 2. The first-order valence-corrected chi connectivity index (χ1v) is 10.5. The molecule has 1 amide bonds. The van der Waals surface area contributed by atoms with Gasteiger partial charge in [0.1, 0.15) is 0 Å². The Morgan fingerprint density at radius 1 is 1.18 bits per heavy atom. The average molecular weight is 401 g/mol. The molecule has 3 aliphatic rings. The van der Waals surface area contributed by atoms with Crippen molar-refractivity contribution in [1.82, 2.24) is 9.62 Å². The van der Waals surface area contributed by atoms with E-state index in [9.17, 15) is 13.6 Å². The van der Waals surface area contributed by atoms with Gasteiger partial charge in [-0.3, -0.25) is 4.79 Å². The van der Waals surface area contributed by atoms with Gasteiger partial charge in [0.05, 0.1) is 11.2 Å². The van der Waals surface area contributed by atoms with Crippen LogP contribution in [0.2, 0.25) is 0 Å². The van der Waals surface area contributed by atoms with Crippen LogP contribution >= 0.6 is 0 Å². The molecule has 1 saturated heterocycles. The number of carbonyl (C=O) groups is 1. The van der Waals surface area contributed by atoms with E-state index in [1.54, 1.807) is 47.4 Å². The number of sulfonamides is 1. The van der Waals surface area contributed by atoms with Gasteiger partial charge in [-0.25, -0.2) is 0 Å². The predicted molar refractivity (Wildman–Crippen MR) is 101 cm³/mol. The molecule has 2 aromatic rings. The van der Waals surface area contributed by atoms with Gasteiger partial charge in [0.25, 0.3) is 5.91 Å². The number of likely N-dealkylation sites (tertiary alicyclic amines) is 1. The van der Waals surface area contributed by atoms with Crippen LogP contribution in [-0.2, 0) is 14.6 Å². The fourth-order valence-corrected chi connectivity index (χ4v) is 5.58. The van der Waals surface area contributed by atoms with Crippen molar-refractivity contribution in [2.24, 2.45) is 0 Å². The molecule has 2 aromatic carbocycles. The molecule has 28 heavy (non-hydrogen) atoms. The second-order valence-corrected chi connectivity index (χ2v) is 8.93. The largest absolute Gasteiger partial charge is 0.593 e. The van der Waals surface area contributed by atoms with Crippen LogP contribution in [0.25, 0.3) is 0 Å². The first-order chi connectivity index (χ1) is 13.5. The summed E-state index contributed by atoms with van der Waals surface area (Å²) in [6.45, 7) is 1.32. The Labute approximate surface area is 163 Å². The van der Waals surface area contributed by atoms with Gasteiger partial charge in [-0.1, -0.05) is 16.3 Å². The van der Waals surface area contributed by atoms with Crippen molar-refractivity contribution < 1.29 is 23.0 Å². The van der Waals surface area contributed by atoms with E-state index in [1.807, 2.05) is 0 Å². The molecule has 1 fully saturated rings. The normalized spacial score (nSPS) is 28.0. The summed E-state index contributed by atoms with van der Waals surface area (Å²) < 4.78 is 39.2. The summed E-state index contributed by atoms with van der Waals surface area (Å²) in [6.07, 6.45) is 0.531. The lowest BCUT2D eigenvalue weighted by Gasteiger charge is -2.29. The highest BCUT2D eigenvalue weighted by atomic mass is 32.3. The molecular formula is C19H19N3O5S. The monoisotopic (exact) mass is 401 g/mol. The summed E-state index contributed by atoms with van der Waals surface area (Å²) in [6, 6.07) is 11.9. The molecule has 8 nitrogen and oxygen atoms in total. The Hall–Kier alpha value is -2.62. The van der Waals surface area contributed by atoms with Crippen molar-refractivity contribution in [3.63, 3.8) is 0 Å². The molecule has 3 aliphatic heterocycles. The van der Waals surface area contributed by atoms with Crippen molar-refractivity contribution in [3.05, 3.63) is 48.0 Å². The van der Waals surface area contributed by atoms with Crippen LogP contribution in [0.3, 0.4) is 0 Å². The molecule has 0 aliphatic carbocycles. The third-order valence-electron chi connectivity index (χ3n) is 5.41. The zero-order valence-corrected chi connectivity index (χ0v) is 15.8. The van der Waals surface area contributed by atoms with Crippen LogP contribution in [0.4, 0.5) is 5.69 Å². The zero-order chi connectivity index (χ0) is 19.4. The van der Waals surface area contributed by atoms with Crippen LogP contribution < -0.4 is 19.5 Å². The first-order valence-electron chi connectivity index (χ1n) is 9.02. The van der Waals surface area contributed by atoms with Crippen LogP contribution in [0.1, 0.15) is 16.8 Å². The summed E-state index contributed by atoms with van der Waals surface area (Å²) in [5.41, 5.74) is 0.325. The van der Waals surface area contributed by atoms with Gasteiger partial charge in [-0.05, 0) is 36.8 Å². The fourth-order valence-electron chi connectivity index (χ4n) is 3.97. The SMILES string of the molecule is O=C(c1ccc2c(c1)OCO2)N1CCC2(CNc3ccccc3[S+](=O)([O-])N2)C1. The summed E-state index contributed by atoms with van der Waals surface area (Å²) in [5, 5.41) is 3.23. The first kappa shape index (κ1) is 17.5. The Balaban J connectivity index is 1.38. The Bertz CT molecular complexity index is 1010. The lowest BCUT2D eigenvalue weighted by Crippen LogP contribution is -2.55. The minimum Gasteiger partial charge on any atom is -0.593 e. The van der Waals surface area contributed by atoms with Gasteiger partial charge in [-0.2, -0.15) is 0 Å². The maximum Gasteiger partial charge on any atom is 0.254 e. The number of fused-ring (bicyclic) bond motifs is 2. The standard InChI is InChI=1S/C19H19N3O5S/c23-18(13-5-6-15-16(9-13)27-12-26-15)22-8-7-19(11-22)10-20-14-3-1-2-4-17(14)28(24,25)21-19/h1-6,9H,7-8,10-12H2,(H2-,20,21,24,25). The smallest absolute Gasteiger partial charge is 0.254 e. The summed E-state index contributed by atoms with van der Waals surface area (Å²) in [5.74, 6) is 1.01. The van der Waals surface area contributed by atoms with Gasteiger partial charge < -0.3 is 24.2 Å². The van der Waals surface area contributed by atoms with Crippen molar-refractivity contribution in [2.75, 3.05) is 31.7 Å². The highest BCUT2D eigenvalue weighted by molar-refractivity contribution is 7.96. The number of benzene rings is 2. The quantitative estimate of drug-likeness (QED) is 0.704. The van der Waals surface area contributed by atoms with Gasteiger partial charge in [0.2, 0.25) is 6.79 Å². The molecule has 0 aromatic heterocycles. The number of nitrogens with one attached hydrogen (secondary N) is 2. The Morgan fingerprint density at radius 2 is 2.00 bits per heavy atom. The third kappa shape index (κ3) is 2.83. The maximum absolute atomic E-state index is 13.0. The molecule has 2 N–H and O–H groups in total.